The third kappa shape index (κ3) is 4.23. The summed E-state index contributed by atoms with van der Waals surface area (Å²) in [6.07, 6.45) is 2.43. The molecule has 1 saturated heterocycles. The maximum atomic E-state index is 12.9. The molecule has 7 nitrogen and oxygen atoms in total. The number of aromatic nitrogens is 3. The number of thiazole rings is 1. The molecule has 1 aliphatic rings. The summed E-state index contributed by atoms with van der Waals surface area (Å²) in [7, 11) is 0. The largest absolute Gasteiger partial charge is 0.346 e. The van der Waals surface area contributed by atoms with Crippen LogP contribution in [0.25, 0.3) is 10.8 Å². The average Bonchev–Trinajstić information content (AvgIpc) is 3.35. The van der Waals surface area contributed by atoms with Gasteiger partial charge in [-0.15, -0.1) is 11.3 Å². The van der Waals surface area contributed by atoms with Gasteiger partial charge in [-0.2, -0.15) is 5.10 Å². The molecule has 8 heteroatoms. The molecule has 3 heterocycles. The van der Waals surface area contributed by atoms with E-state index in [1.54, 1.807) is 4.68 Å². The van der Waals surface area contributed by atoms with Gasteiger partial charge in [-0.25, -0.2) is 9.67 Å². The van der Waals surface area contributed by atoms with Crippen LogP contribution in [-0.4, -0.2) is 45.2 Å². The average molecular weight is 412 g/mol. The molecule has 3 aromatic rings. The van der Waals surface area contributed by atoms with Gasteiger partial charge < -0.3 is 10.2 Å². The van der Waals surface area contributed by atoms with Crippen LogP contribution in [0.5, 0.6) is 0 Å². The molecule has 29 heavy (non-hydrogen) atoms. The minimum Gasteiger partial charge on any atom is -0.346 e. The van der Waals surface area contributed by atoms with Crippen molar-refractivity contribution in [1.29, 1.82) is 0 Å². The highest BCUT2D eigenvalue weighted by Gasteiger charge is 2.17. The van der Waals surface area contributed by atoms with E-state index in [1.165, 1.54) is 24.2 Å². The number of likely N-dealkylation sites (tertiary alicyclic amines) is 1. The summed E-state index contributed by atoms with van der Waals surface area (Å²) in [6.45, 7) is 7.52. The van der Waals surface area contributed by atoms with E-state index in [2.05, 4.69) is 20.3 Å². The van der Waals surface area contributed by atoms with Gasteiger partial charge in [0.1, 0.15) is 4.88 Å². The summed E-state index contributed by atoms with van der Waals surface area (Å²) >= 11 is 1.38. The predicted molar refractivity (Wildman–Crippen MR) is 114 cm³/mol. The van der Waals surface area contributed by atoms with Crippen molar-refractivity contribution in [1.82, 2.24) is 25.0 Å². The van der Waals surface area contributed by atoms with Crippen LogP contribution in [0.15, 0.2) is 29.1 Å². The highest BCUT2D eigenvalue weighted by Crippen LogP contribution is 2.18. The molecule has 0 bridgehead atoms. The standard InChI is InChI=1S/C21H25N5O2S/c1-14-19(29-15(2)23-14)20(27)22-13-18-16-7-3-4-8-17(16)21(28)26(24-18)12-11-25-9-5-6-10-25/h3-4,7-8H,5-6,9-13H2,1-2H3,(H,22,27). The highest BCUT2D eigenvalue weighted by molar-refractivity contribution is 7.13. The fourth-order valence-corrected chi connectivity index (χ4v) is 4.65. The molecule has 1 aliphatic heterocycles. The third-order valence-corrected chi connectivity index (χ3v) is 6.37. The molecular formula is C21H25N5O2S. The van der Waals surface area contributed by atoms with Crippen molar-refractivity contribution in [2.45, 2.75) is 39.8 Å². The quantitative estimate of drug-likeness (QED) is 0.674. The van der Waals surface area contributed by atoms with Crippen LogP contribution in [0.4, 0.5) is 0 Å². The van der Waals surface area contributed by atoms with Gasteiger partial charge in [0, 0.05) is 11.9 Å². The maximum absolute atomic E-state index is 12.9. The second-order valence-corrected chi connectivity index (χ2v) is 8.60. The second kappa shape index (κ2) is 8.42. The number of carbonyl (C=O) groups excluding carboxylic acids is 1. The molecule has 0 unspecified atom stereocenters. The van der Waals surface area contributed by atoms with Gasteiger partial charge in [0.05, 0.1) is 34.9 Å². The first-order valence-corrected chi connectivity index (χ1v) is 10.8. The molecule has 1 aromatic carbocycles. The molecular weight excluding hydrogens is 386 g/mol. The molecule has 0 aliphatic carbocycles. The lowest BCUT2D eigenvalue weighted by Crippen LogP contribution is -2.32. The monoisotopic (exact) mass is 411 g/mol. The van der Waals surface area contributed by atoms with Crippen molar-refractivity contribution in [2.75, 3.05) is 19.6 Å². The van der Waals surface area contributed by atoms with Crippen molar-refractivity contribution in [3.8, 4) is 0 Å². The molecule has 0 radical (unpaired) electrons. The summed E-state index contributed by atoms with van der Waals surface area (Å²) < 4.78 is 1.55. The number of nitrogens with one attached hydrogen (secondary N) is 1. The van der Waals surface area contributed by atoms with E-state index in [0.717, 1.165) is 35.7 Å². The lowest BCUT2D eigenvalue weighted by atomic mass is 10.1. The van der Waals surface area contributed by atoms with Gasteiger partial charge in [-0.3, -0.25) is 9.59 Å². The number of benzene rings is 1. The van der Waals surface area contributed by atoms with Gasteiger partial charge in [0.15, 0.2) is 0 Å². The molecule has 0 spiro atoms. The minimum atomic E-state index is -0.159. The molecule has 1 fully saturated rings. The topological polar surface area (TPSA) is 80.1 Å². The summed E-state index contributed by atoms with van der Waals surface area (Å²) in [5, 5.41) is 9.84. The first-order chi connectivity index (χ1) is 14.0. The van der Waals surface area contributed by atoms with E-state index in [0.29, 0.717) is 22.5 Å². The number of amides is 1. The Hall–Kier alpha value is -2.58. The van der Waals surface area contributed by atoms with Crippen LogP contribution in [0.3, 0.4) is 0 Å². The van der Waals surface area contributed by atoms with E-state index in [9.17, 15) is 9.59 Å². The van der Waals surface area contributed by atoms with Crippen molar-refractivity contribution in [3.05, 3.63) is 55.9 Å². The Bertz CT molecular complexity index is 1100. The predicted octanol–water partition coefficient (Wildman–Crippen LogP) is 2.50. The number of hydrogen-bond donors (Lipinski definition) is 1. The Morgan fingerprint density at radius 3 is 2.55 bits per heavy atom. The van der Waals surface area contributed by atoms with Gasteiger partial charge >= 0.3 is 0 Å². The van der Waals surface area contributed by atoms with Crippen LogP contribution in [-0.2, 0) is 13.1 Å². The van der Waals surface area contributed by atoms with Crippen molar-refractivity contribution >= 4 is 28.0 Å². The lowest BCUT2D eigenvalue weighted by Gasteiger charge is -2.16. The maximum Gasteiger partial charge on any atom is 0.274 e. The molecule has 2 aromatic heterocycles. The van der Waals surface area contributed by atoms with Gasteiger partial charge in [-0.1, -0.05) is 18.2 Å². The molecule has 1 N–H and O–H groups in total. The van der Waals surface area contributed by atoms with Crippen molar-refractivity contribution in [3.63, 3.8) is 0 Å². The van der Waals surface area contributed by atoms with Crippen LogP contribution < -0.4 is 10.9 Å². The Balaban J connectivity index is 1.58. The van der Waals surface area contributed by atoms with Gasteiger partial charge in [-0.05, 0) is 45.8 Å². The number of carbonyl (C=O) groups is 1. The molecule has 4 rings (SSSR count). The smallest absolute Gasteiger partial charge is 0.274 e. The zero-order chi connectivity index (χ0) is 20.4. The van der Waals surface area contributed by atoms with Crippen LogP contribution in [0.2, 0.25) is 0 Å². The fraction of sp³-hybridized carbons (Fsp3) is 0.429. The highest BCUT2D eigenvalue weighted by atomic mass is 32.1. The van der Waals surface area contributed by atoms with Gasteiger partial charge in [0.25, 0.3) is 11.5 Å². The summed E-state index contributed by atoms with van der Waals surface area (Å²) in [5.41, 5.74) is 1.36. The van der Waals surface area contributed by atoms with Crippen LogP contribution >= 0.6 is 11.3 Å². The zero-order valence-corrected chi connectivity index (χ0v) is 17.6. The first kappa shape index (κ1) is 19.7. The third-order valence-electron chi connectivity index (χ3n) is 5.30. The Morgan fingerprint density at radius 1 is 1.14 bits per heavy atom. The number of nitrogens with zero attached hydrogens (tertiary/aromatic N) is 4. The Morgan fingerprint density at radius 2 is 1.86 bits per heavy atom. The number of hydrogen-bond acceptors (Lipinski definition) is 6. The minimum absolute atomic E-state index is 0.0798. The lowest BCUT2D eigenvalue weighted by molar-refractivity contribution is 0.0953. The Kier molecular flexibility index (Phi) is 5.73. The number of aryl methyl sites for hydroxylation is 2. The molecule has 0 atom stereocenters. The SMILES string of the molecule is Cc1nc(C)c(C(=O)NCc2nn(CCN3CCCC3)c(=O)c3ccccc23)s1. The van der Waals surface area contributed by atoms with E-state index in [-0.39, 0.29) is 18.0 Å². The molecule has 0 saturated carbocycles. The van der Waals surface area contributed by atoms with Crippen LogP contribution in [0, 0.1) is 13.8 Å². The number of rotatable bonds is 6. The van der Waals surface area contributed by atoms with E-state index < -0.39 is 0 Å². The molecule has 152 valence electrons. The van der Waals surface area contributed by atoms with E-state index in [1.807, 2.05) is 38.1 Å². The van der Waals surface area contributed by atoms with Crippen molar-refractivity contribution < 1.29 is 4.79 Å². The Labute approximate surface area is 173 Å². The summed E-state index contributed by atoms with van der Waals surface area (Å²) in [4.78, 5) is 32.8. The van der Waals surface area contributed by atoms with E-state index in [4.69, 9.17) is 0 Å². The normalized spacial score (nSPS) is 14.6. The summed E-state index contributed by atoms with van der Waals surface area (Å²) in [6, 6.07) is 7.46. The first-order valence-electron chi connectivity index (χ1n) is 9.96. The van der Waals surface area contributed by atoms with Crippen molar-refractivity contribution in [2.24, 2.45) is 0 Å². The summed E-state index contributed by atoms with van der Waals surface area (Å²) in [5.74, 6) is -0.159. The fourth-order valence-electron chi connectivity index (χ4n) is 3.82. The second-order valence-electron chi connectivity index (χ2n) is 7.40. The zero-order valence-electron chi connectivity index (χ0n) is 16.8. The molecule has 1 amide bonds. The number of fused-ring (bicyclic) bond motifs is 1. The van der Waals surface area contributed by atoms with E-state index >= 15 is 0 Å². The van der Waals surface area contributed by atoms with Gasteiger partial charge in [0.2, 0.25) is 0 Å². The van der Waals surface area contributed by atoms with Crippen LogP contribution in [0.1, 0.15) is 38.9 Å².